The Bertz CT molecular complexity index is 813. The van der Waals surface area contributed by atoms with Crippen molar-refractivity contribution < 1.29 is 24.4 Å². The van der Waals surface area contributed by atoms with Crippen molar-refractivity contribution in [3.8, 4) is 22.9 Å². The van der Waals surface area contributed by atoms with E-state index >= 15 is 0 Å². The Hall–Kier alpha value is -2.18. The van der Waals surface area contributed by atoms with Crippen LogP contribution in [-0.2, 0) is 0 Å². The van der Waals surface area contributed by atoms with E-state index in [1.807, 2.05) is 6.07 Å². The van der Waals surface area contributed by atoms with E-state index in [1.165, 1.54) is 36.3 Å². The van der Waals surface area contributed by atoms with Gasteiger partial charge < -0.3 is 20.1 Å². The normalized spacial score (nSPS) is 26.0. The van der Waals surface area contributed by atoms with Crippen molar-refractivity contribution in [3.05, 3.63) is 48.0 Å². The number of benzene rings is 1. The van der Waals surface area contributed by atoms with E-state index in [4.69, 9.17) is 10.00 Å². The first-order valence-corrected chi connectivity index (χ1v) is 8.52. The first-order chi connectivity index (χ1) is 12.0. The highest BCUT2D eigenvalue weighted by molar-refractivity contribution is 7.99. The summed E-state index contributed by atoms with van der Waals surface area (Å²) in [7, 11) is 0. The van der Waals surface area contributed by atoms with E-state index in [0.29, 0.717) is 16.9 Å². The smallest absolute Gasteiger partial charge is 0.173 e. The third-order valence-electron chi connectivity index (χ3n) is 3.83. The summed E-state index contributed by atoms with van der Waals surface area (Å²) in [4.78, 5) is 4.05. The molecule has 1 fully saturated rings. The second-order valence-electron chi connectivity index (χ2n) is 5.58. The number of ether oxygens (including phenoxy) is 1. The molecule has 0 spiro atoms. The molecule has 6 nitrogen and oxygen atoms in total. The Balaban J connectivity index is 1.84. The van der Waals surface area contributed by atoms with Crippen LogP contribution < -0.4 is 4.74 Å². The highest BCUT2D eigenvalue weighted by Gasteiger charge is 2.38. The van der Waals surface area contributed by atoms with E-state index < -0.39 is 29.6 Å². The molecule has 2 aromatic rings. The van der Waals surface area contributed by atoms with Gasteiger partial charge in [0.15, 0.2) is 5.44 Å². The topological polar surface area (TPSA) is 107 Å². The van der Waals surface area contributed by atoms with Gasteiger partial charge in [0.2, 0.25) is 0 Å². The Labute approximate surface area is 147 Å². The van der Waals surface area contributed by atoms with Crippen LogP contribution in [0.25, 0.3) is 11.1 Å². The zero-order chi connectivity index (χ0) is 18.0. The molecule has 0 radical (unpaired) electrons. The highest BCUT2D eigenvalue weighted by atomic mass is 32.2. The number of rotatable bonds is 3. The van der Waals surface area contributed by atoms with E-state index in [9.17, 15) is 19.7 Å². The number of aliphatic hydroxyl groups excluding tert-OH is 3. The molecule has 2 heterocycles. The van der Waals surface area contributed by atoms with Crippen LogP contribution in [0.1, 0.15) is 5.56 Å². The summed E-state index contributed by atoms with van der Waals surface area (Å²) in [6.45, 7) is 0. The van der Waals surface area contributed by atoms with Crippen LogP contribution in [0.3, 0.4) is 0 Å². The summed E-state index contributed by atoms with van der Waals surface area (Å²) in [5, 5.41) is 38.5. The fourth-order valence-electron chi connectivity index (χ4n) is 2.51. The molecular formula is C17H15FN2O4S. The lowest BCUT2D eigenvalue weighted by molar-refractivity contribution is -0.0786. The molecule has 0 amide bonds. The van der Waals surface area contributed by atoms with E-state index in [1.54, 1.807) is 6.07 Å². The maximum atomic E-state index is 13.3. The number of pyridine rings is 1. The predicted octanol–water partition coefficient (Wildman–Crippen LogP) is 1.29. The van der Waals surface area contributed by atoms with Gasteiger partial charge in [0.25, 0.3) is 0 Å². The largest absolute Gasteiger partial charge is 0.475 e. The van der Waals surface area contributed by atoms with Crippen LogP contribution in [0.15, 0.2) is 36.7 Å². The standard InChI is InChI=1S/C17H15FN2O4S/c18-11-1-2-13(9(3-11)5-19)10-4-12(7-20-6-10)24-17-16(23)15(22)14(21)8-25-17/h1-4,6-7,14-17,21-23H,8H2/t14-,15+,16-,17+/m1/s1. The van der Waals surface area contributed by atoms with E-state index in [0.717, 1.165) is 6.07 Å². The van der Waals surface area contributed by atoms with Gasteiger partial charge in [-0.3, -0.25) is 4.98 Å². The number of hydrogen-bond donors (Lipinski definition) is 3. The molecule has 3 N–H and O–H groups in total. The molecule has 4 atom stereocenters. The van der Waals surface area contributed by atoms with Gasteiger partial charge in [-0.1, -0.05) is 6.07 Å². The Morgan fingerprint density at radius 3 is 2.76 bits per heavy atom. The summed E-state index contributed by atoms with van der Waals surface area (Å²) >= 11 is 1.18. The minimum atomic E-state index is -1.29. The zero-order valence-corrected chi connectivity index (χ0v) is 13.7. The number of aromatic nitrogens is 1. The van der Waals surface area contributed by atoms with Crippen molar-refractivity contribution in [1.82, 2.24) is 4.98 Å². The lowest BCUT2D eigenvalue weighted by atomic mass is 10.0. The van der Waals surface area contributed by atoms with Gasteiger partial charge in [-0.15, -0.1) is 11.8 Å². The quantitative estimate of drug-likeness (QED) is 0.755. The summed E-state index contributed by atoms with van der Waals surface area (Å²) in [6, 6.07) is 7.43. The molecule has 130 valence electrons. The number of nitrogens with zero attached hydrogens (tertiary/aromatic N) is 2. The number of halogens is 1. The second kappa shape index (κ2) is 7.37. The number of thioether (sulfide) groups is 1. The molecule has 1 saturated heterocycles. The Kier molecular flexibility index (Phi) is 5.20. The van der Waals surface area contributed by atoms with Crippen molar-refractivity contribution >= 4 is 11.8 Å². The molecule has 1 aromatic heterocycles. The summed E-state index contributed by atoms with van der Waals surface area (Å²) in [6.07, 6.45) is -0.599. The minimum absolute atomic E-state index is 0.171. The van der Waals surface area contributed by atoms with Gasteiger partial charge in [-0.25, -0.2) is 4.39 Å². The first-order valence-electron chi connectivity index (χ1n) is 7.47. The van der Waals surface area contributed by atoms with Crippen LogP contribution in [0.5, 0.6) is 5.75 Å². The molecule has 0 saturated carbocycles. The zero-order valence-electron chi connectivity index (χ0n) is 12.9. The van der Waals surface area contributed by atoms with Gasteiger partial charge in [-0.2, -0.15) is 5.26 Å². The fraction of sp³-hybridized carbons (Fsp3) is 0.294. The third kappa shape index (κ3) is 3.75. The first kappa shape index (κ1) is 17.6. The highest BCUT2D eigenvalue weighted by Crippen LogP contribution is 2.31. The summed E-state index contributed by atoms with van der Waals surface area (Å²) in [5.74, 6) is 0.0489. The molecule has 0 unspecified atom stereocenters. The monoisotopic (exact) mass is 362 g/mol. The molecular weight excluding hydrogens is 347 g/mol. The van der Waals surface area contributed by atoms with Crippen LogP contribution in [0, 0.1) is 17.1 Å². The molecule has 0 bridgehead atoms. The van der Waals surface area contributed by atoms with E-state index in [-0.39, 0.29) is 11.3 Å². The van der Waals surface area contributed by atoms with Gasteiger partial charge in [-0.05, 0) is 18.2 Å². The van der Waals surface area contributed by atoms with Gasteiger partial charge in [0.1, 0.15) is 23.8 Å². The van der Waals surface area contributed by atoms with E-state index in [2.05, 4.69) is 4.98 Å². The number of hydrogen-bond acceptors (Lipinski definition) is 7. The molecule has 25 heavy (non-hydrogen) atoms. The number of aliphatic hydroxyl groups is 3. The fourth-order valence-corrected chi connectivity index (χ4v) is 3.63. The molecule has 8 heteroatoms. The SMILES string of the molecule is N#Cc1cc(F)ccc1-c1cncc(O[C@H]2SC[C@@H](O)[C@H](O)[C@H]2O)c1. The van der Waals surface area contributed by atoms with Crippen molar-refractivity contribution in [3.63, 3.8) is 0 Å². The molecule has 1 aliphatic rings. The van der Waals surface area contributed by atoms with Crippen molar-refractivity contribution in [2.75, 3.05) is 5.75 Å². The van der Waals surface area contributed by atoms with Crippen LogP contribution in [0.4, 0.5) is 4.39 Å². The second-order valence-corrected chi connectivity index (χ2v) is 6.71. The maximum Gasteiger partial charge on any atom is 0.173 e. The Morgan fingerprint density at radius 1 is 1.20 bits per heavy atom. The minimum Gasteiger partial charge on any atom is -0.475 e. The molecule has 3 rings (SSSR count). The van der Waals surface area contributed by atoms with Crippen LogP contribution in [-0.4, -0.2) is 49.8 Å². The van der Waals surface area contributed by atoms with Crippen LogP contribution in [0.2, 0.25) is 0 Å². The average Bonchev–Trinajstić information content (AvgIpc) is 2.62. The molecule has 0 aliphatic carbocycles. The molecule has 1 aromatic carbocycles. The van der Waals surface area contributed by atoms with Crippen molar-refractivity contribution in [2.24, 2.45) is 0 Å². The van der Waals surface area contributed by atoms with Gasteiger partial charge >= 0.3 is 0 Å². The average molecular weight is 362 g/mol. The van der Waals surface area contributed by atoms with Crippen LogP contribution >= 0.6 is 11.8 Å². The number of nitriles is 1. The van der Waals surface area contributed by atoms with Gasteiger partial charge in [0, 0.05) is 23.1 Å². The van der Waals surface area contributed by atoms with Crippen molar-refractivity contribution in [2.45, 2.75) is 23.7 Å². The maximum absolute atomic E-state index is 13.3. The predicted molar refractivity (Wildman–Crippen MR) is 89.2 cm³/mol. The molecule has 1 aliphatic heterocycles. The summed E-state index contributed by atoms with van der Waals surface area (Å²) < 4.78 is 19.0. The van der Waals surface area contributed by atoms with Gasteiger partial charge in [0.05, 0.1) is 23.9 Å². The van der Waals surface area contributed by atoms with Crippen molar-refractivity contribution in [1.29, 1.82) is 5.26 Å². The Morgan fingerprint density at radius 2 is 2.00 bits per heavy atom. The lowest BCUT2D eigenvalue weighted by Gasteiger charge is -2.34. The lowest BCUT2D eigenvalue weighted by Crippen LogP contribution is -2.50. The third-order valence-corrected chi connectivity index (χ3v) is 5.07. The summed E-state index contributed by atoms with van der Waals surface area (Å²) in [5.41, 5.74) is 0.475.